The summed E-state index contributed by atoms with van der Waals surface area (Å²) in [5.41, 5.74) is 1.19. The van der Waals surface area contributed by atoms with Gasteiger partial charge in [-0.05, 0) is 24.6 Å². The number of esters is 1. The van der Waals surface area contributed by atoms with Crippen molar-refractivity contribution in [2.24, 2.45) is 0 Å². The highest BCUT2D eigenvalue weighted by Gasteiger charge is 2.18. The number of rotatable bonds is 3. The van der Waals surface area contributed by atoms with Crippen molar-refractivity contribution in [3.05, 3.63) is 23.3 Å². The van der Waals surface area contributed by atoms with E-state index in [1.165, 1.54) is 0 Å². The van der Waals surface area contributed by atoms with Crippen molar-refractivity contribution >= 4 is 5.97 Å². The van der Waals surface area contributed by atoms with Gasteiger partial charge in [-0.3, -0.25) is 0 Å². The van der Waals surface area contributed by atoms with Gasteiger partial charge in [0.1, 0.15) is 19.8 Å². The zero-order valence-electron chi connectivity index (χ0n) is 9.56. The van der Waals surface area contributed by atoms with Crippen molar-refractivity contribution in [1.29, 1.82) is 0 Å². The number of hydrogen-bond donors (Lipinski definition) is 1. The number of aliphatic hydroxyl groups is 1. The fourth-order valence-corrected chi connectivity index (χ4v) is 1.63. The lowest BCUT2D eigenvalue weighted by Gasteiger charge is -2.19. The third-order valence-corrected chi connectivity index (χ3v) is 2.43. The normalized spacial score (nSPS) is 13.3. The Hall–Kier alpha value is -1.75. The predicted molar refractivity (Wildman–Crippen MR) is 59.5 cm³/mol. The van der Waals surface area contributed by atoms with Crippen LogP contribution >= 0.6 is 0 Å². The fraction of sp³-hybridized carbons (Fsp3) is 0.417. The maximum Gasteiger partial charge on any atom is 0.338 e. The molecule has 0 saturated carbocycles. The van der Waals surface area contributed by atoms with Crippen LogP contribution in [0.15, 0.2) is 12.1 Å². The molecule has 0 saturated heterocycles. The molecule has 0 atom stereocenters. The van der Waals surface area contributed by atoms with E-state index in [9.17, 15) is 4.79 Å². The maximum absolute atomic E-state index is 11.7. The number of aryl methyl sites for hydroxylation is 1. The van der Waals surface area contributed by atoms with Gasteiger partial charge < -0.3 is 19.3 Å². The van der Waals surface area contributed by atoms with Crippen LogP contribution in [0, 0.1) is 6.92 Å². The van der Waals surface area contributed by atoms with Gasteiger partial charge in [0.05, 0.1) is 12.2 Å². The molecular weight excluding hydrogens is 224 g/mol. The minimum atomic E-state index is -0.464. The Bertz CT molecular complexity index is 427. The molecule has 0 bridgehead atoms. The third-order valence-electron chi connectivity index (χ3n) is 2.43. The van der Waals surface area contributed by atoms with Crippen LogP contribution in [0.5, 0.6) is 11.5 Å². The molecule has 1 heterocycles. The molecule has 1 aliphatic heterocycles. The molecule has 0 aromatic heterocycles. The topological polar surface area (TPSA) is 65.0 Å². The third kappa shape index (κ3) is 2.50. The van der Waals surface area contributed by atoms with Crippen LogP contribution in [-0.2, 0) is 4.74 Å². The molecule has 1 aromatic carbocycles. The second-order valence-corrected chi connectivity index (χ2v) is 3.67. The molecule has 1 N–H and O–H groups in total. The van der Waals surface area contributed by atoms with Crippen molar-refractivity contribution < 1.29 is 24.1 Å². The Kier molecular flexibility index (Phi) is 3.49. The second kappa shape index (κ2) is 5.05. The van der Waals surface area contributed by atoms with Crippen LogP contribution in [-0.4, -0.2) is 37.5 Å². The van der Waals surface area contributed by atoms with Gasteiger partial charge in [0, 0.05) is 0 Å². The Morgan fingerprint density at radius 1 is 1.35 bits per heavy atom. The summed E-state index contributed by atoms with van der Waals surface area (Å²) in [6, 6.07) is 3.37. The lowest BCUT2D eigenvalue weighted by molar-refractivity contribution is 0.0432. The highest BCUT2D eigenvalue weighted by atomic mass is 16.6. The van der Waals surface area contributed by atoms with E-state index < -0.39 is 5.97 Å². The number of carbonyl (C=O) groups excluding carboxylic acids is 1. The van der Waals surface area contributed by atoms with Gasteiger partial charge in [-0.2, -0.15) is 0 Å². The Labute approximate surface area is 98.9 Å². The largest absolute Gasteiger partial charge is 0.486 e. The zero-order chi connectivity index (χ0) is 12.3. The molecule has 2 rings (SSSR count). The summed E-state index contributed by atoms with van der Waals surface area (Å²) < 4.78 is 15.7. The van der Waals surface area contributed by atoms with E-state index in [2.05, 4.69) is 0 Å². The second-order valence-electron chi connectivity index (χ2n) is 3.67. The number of fused-ring (bicyclic) bond motifs is 1. The summed E-state index contributed by atoms with van der Waals surface area (Å²) in [6.07, 6.45) is 0. The number of ether oxygens (including phenoxy) is 3. The van der Waals surface area contributed by atoms with Crippen LogP contribution in [0.2, 0.25) is 0 Å². The Morgan fingerprint density at radius 2 is 2.00 bits per heavy atom. The van der Waals surface area contributed by atoms with Gasteiger partial charge in [0.15, 0.2) is 11.5 Å². The maximum atomic E-state index is 11.7. The van der Waals surface area contributed by atoms with E-state index in [-0.39, 0.29) is 13.2 Å². The van der Waals surface area contributed by atoms with E-state index in [0.717, 1.165) is 5.56 Å². The summed E-state index contributed by atoms with van der Waals surface area (Å²) in [5.74, 6) is 0.735. The molecule has 5 heteroatoms. The van der Waals surface area contributed by atoms with Crippen molar-refractivity contribution in [3.63, 3.8) is 0 Å². The summed E-state index contributed by atoms with van der Waals surface area (Å²) in [6.45, 7) is 2.60. The number of benzene rings is 1. The first-order chi connectivity index (χ1) is 8.22. The highest BCUT2D eigenvalue weighted by Crippen LogP contribution is 2.33. The van der Waals surface area contributed by atoms with Gasteiger partial charge in [-0.15, -0.1) is 0 Å². The summed E-state index contributed by atoms with van der Waals surface area (Å²) in [7, 11) is 0. The molecule has 1 aliphatic rings. The summed E-state index contributed by atoms with van der Waals surface area (Å²) in [4.78, 5) is 11.7. The smallest absolute Gasteiger partial charge is 0.338 e. The molecule has 0 amide bonds. The van der Waals surface area contributed by atoms with E-state index in [0.29, 0.717) is 30.3 Å². The van der Waals surface area contributed by atoms with Crippen LogP contribution in [0.3, 0.4) is 0 Å². The molecule has 0 spiro atoms. The first-order valence-electron chi connectivity index (χ1n) is 5.40. The van der Waals surface area contributed by atoms with E-state index in [1.54, 1.807) is 19.1 Å². The highest BCUT2D eigenvalue weighted by molar-refractivity contribution is 5.92. The van der Waals surface area contributed by atoms with Crippen LogP contribution < -0.4 is 9.47 Å². The summed E-state index contributed by atoms with van der Waals surface area (Å²) >= 11 is 0. The minimum absolute atomic E-state index is 0.00723. The van der Waals surface area contributed by atoms with Crippen molar-refractivity contribution in [1.82, 2.24) is 0 Å². The lowest BCUT2D eigenvalue weighted by Crippen LogP contribution is -2.17. The average molecular weight is 238 g/mol. The molecule has 92 valence electrons. The van der Waals surface area contributed by atoms with Crippen molar-refractivity contribution in [3.8, 4) is 11.5 Å². The Balaban J connectivity index is 2.25. The minimum Gasteiger partial charge on any atom is -0.486 e. The quantitative estimate of drug-likeness (QED) is 0.793. The van der Waals surface area contributed by atoms with Crippen LogP contribution in [0.4, 0.5) is 0 Å². The van der Waals surface area contributed by atoms with Crippen molar-refractivity contribution in [2.75, 3.05) is 26.4 Å². The molecule has 0 fully saturated rings. The van der Waals surface area contributed by atoms with Crippen molar-refractivity contribution in [2.45, 2.75) is 6.92 Å². The fourth-order valence-electron chi connectivity index (χ4n) is 1.63. The average Bonchev–Trinajstić information content (AvgIpc) is 2.35. The predicted octanol–water partition coefficient (Wildman–Crippen LogP) is 0.915. The monoisotopic (exact) mass is 238 g/mol. The Morgan fingerprint density at radius 3 is 2.65 bits per heavy atom. The molecule has 17 heavy (non-hydrogen) atoms. The summed E-state index contributed by atoms with van der Waals surface area (Å²) in [5, 5.41) is 8.60. The molecule has 1 aromatic rings. The van der Waals surface area contributed by atoms with Crippen LogP contribution in [0.25, 0.3) is 0 Å². The van der Waals surface area contributed by atoms with E-state index in [1.807, 2.05) is 0 Å². The van der Waals surface area contributed by atoms with Crippen LogP contribution in [0.1, 0.15) is 15.9 Å². The standard InChI is InChI=1S/C12H14O5/c1-8-6-10-11(16-5-4-15-10)7-9(8)12(14)17-3-2-13/h6-7,13H,2-5H2,1H3. The number of hydrogen-bond acceptors (Lipinski definition) is 5. The number of aliphatic hydroxyl groups excluding tert-OH is 1. The molecule has 0 aliphatic carbocycles. The van der Waals surface area contributed by atoms with Gasteiger partial charge in [-0.1, -0.05) is 0 Å². The molecule has 5 nitrogen and oxygen atoms in total. The van der Waals surface area contributed by atoms with Gasteiger partial charge in [0.2, 0.25) is 0 Å². The molecular formula is C12H14O5. The van der Waals surface area contributed by atoms with E-state index in [4.69, 9.17) is 19.3 Å². The molecule has 0 unspecified atom stereocenters. The van der Waals surface area contributed by atoms with Gasteiger partial charge in [-0.25, -0.2) is 4.79 Å². The zero-order valence-corrected chi connectivity index (χ0v) is 9.56. The SMILES string of the molecule is Cc1cc2c(cc1C(=O)OCCO)OCCO2. The van der Waals surface area contributed by atoms with E-state index >= 15 is 0 Å². The lowest BCUT2D eigenvalue weighted by atomic mass is 10.1. The molecule has 0 radical (unpaired) electrons. The number of carbonyl (C=O) groups is 1. The first kappa shape index (κ1) is 11.7. The van der Waals surface area contributed by atoms with Gasteiger partial charge >= 0.3 is 5.97 Å². The van der Waals surface area contributed by atoms with Gasteiger partial charge in [0.25, 0.3) is 0 Å². The first-order valence-corrected chi connectivity index (χ1v) is 5.40.